The number of nitrogens with one attached hydrogen (secondary N) is 1. The Labute approximate surface area is 159 Å². The molecular weight excluding hydrogens is 365 g/mol. The zero-order valence-corrected chi connectivity index (χ0v) is 15.7. The van der Waals surface area contributed by atoms with Crippen LogP contribution in [0.3, 0.4) is 0 Å². The minimum atomic E-state index is -0.602. The van der Waals surface area contributed by atoms with Crippen molar-refractivity contribution in [3.8, 4) is 0 Å². The Bertz CT molecular complexity index is 1200. The largest absolute Gasteiger partial charge is 0.397 e. The number of nitrogens with two attached hydrogens (primary N) is 1. The highest BCUT2D eigenvalue weighted by Gasteiger charge is 2.16. The molecule has 1 aromatic carbocycles. The van der Waals surface area contributed by atoms with Crippen LogP contribution in [0.4, 0.5) is 15.8 Å². The Morgan fingerprint density at radius 3 is 2.68 bits per heavy atom. The summed E-state index contributed by atoms with van der Waals surface area (Å²) in [6, 6.07) is 4.98. The van der Waals surface area contributed by atoms with E-state index in [0.717, 1.165) is 10.6 Å². The van der Waals surface area contributed by atoms with Crippen LogP contribution in [0.25, 0.3) is 11.0 Å². The average Bonchev–Trinajstić information content (AvgIpc) is 2.65. The number of carbonyl (C=O) groups excluding carboxylic acids is 1. The molecule has 0 unspecified atom stereocenters. The lowest BCUT2D eigenvalue weighted by molar-refractivity contribution is 0.102. The summed E-state index contributed by atoms with van der Waals surface area (Å²) >= 11 is 0. The fourth-order valence-electron chi connectivity index (χ4n) is 2.85. The minimum absolute atomic E-state index is 0.0861. The van der Waals surface area contributed by atoms with Crippen molar-refractivity contribution in [3.63, 3.8) is 0 Å². The van der Waals surface area contributed by atoms with Gasteiger partial charge in [0.1, 0.15) is 11.5 Å². The SMILES string of the molecule is CC(C)Cn1c(=O)n(C)c(=O)c2cc(C(=O)Nc3cc(F)ccc3N)cnc21. The van der Waals surface area contributed by atoms with Crippen molar-refractivity contribution in [3.05, 3.63) is 62.7 Å². The lowest BCUT2D eigenvalue weighted by Gasteiger charge is -2.14. The second-order valence-electron chi connectivity index (χ2n) is 6.93. The highest BCUT2D eigenvalue weighted by Crippen LogP contribution is 2.20. The molecule has 9 heteroatoms. The summed E-state index contributed by atoms with van der Waals surface area (Å²) in [5.74, 6) is -0.998. The molecule has 0 atom stereocenters. The van der Waals surface area contributed by atoms with Gasteiger partial charge >= 0.3 is 5.69 Å². The van der Waals surface area contributed by atoms with Crippen LogP contribution >= 0.6 is 0 Å². The summed E-state index contributed by atoms with van der Waals surface area (Å²) in [5.41, 5.74) is 5.34. The number of rotatable bonds is 4. The van der Waals surface area contributed by atoms with Gasteiger partial charge in [0, 0.05) is 19.8 Å². The normalized spacial score (nSPS) is 11.2. The van der Waals surface area contributed by atoms with E-state index in [0.29, 0.717) is 6.54 Å². The van der Waals surface area contributed by atoms with E-state index in [1.165, 1.54) is 36.0 Å². The highest BCUT2D eigenvalue weighted by atomic mass is 19.1. The first kappa shape index (κ1) is 19.3. The zero-order chi connectivity index (χ0) is 20.6. The molecule has 1 amide bonds. The van der Waals surface area contributed by atoms with E-state index in [4.69, 9.17) is 5.73 Å². The minimum Gasteiger partial charge on any atom is -0.397 e. The third-order valence-electron chi connectivity index (χ3n) is 4.25. The van der Waals surface area contributed by atoms with Crippen molar-refractivity contribution in [2.45, 2.75) is 20.4 Å². The second-order valence-corrected chi connectivity index (χ2v) is 6.93. The van der Waals surface area contributed by atoms with Crippen LogP contribution in [-0.4, -0.2) is 20.0 Å². The number of hydrogen-bond donors (Lipinski definition) is 2. The monoisotopic (exact) mass is 385 g/mol. The van der Waals surface area contributed by atoms with Crippen molar-refractivity contribution in [1.29, 1.82) is 0 Å². The Kier molecular flexibility index (Phi) is 5.00. The first-order valence-corrected chi connectivity index (χ1v) is 8.65. The number of anilines is 2. The van der Waals surface area contributed by atoms with Gasteiger partial charge in [0.2, 0.25) is 0 Å². The third-order valence-corrected chi connectivity index (χ3v) is 4.25. The van der Waals surface area contributed by atoms with E-state index in [-0.39, 0.29) is 33.9 Å². The maximum atomic E-state index is 13.4. The van der Waals surface area contributed by atoms with Gasteiger partial charge in [0.25, 0.3) is 11.5 Å². The molecule has 0 saturated heterocycles. The van der Waals surface area contributed by atoms with E-state index in [1.807, 2.05) is 13.8 Å². The van der Waals surface area contributed by atoms with Crippen LogP contribution in [-0.2, 0) is 13.6 Å². The molecule has 0 aliphatic heterocycles. The number of fused-ring (bicyclic) bond motifs is 1. The summed E-state index contributed by atoms with van der Waals surface area (Å²) in [4.78, 5) is 41.7. The third kappa shape index (κ3) is 3.51. The Morgan fingerprint density at radius 1 is 1.29 bits per heavy atom. The van der Waals surface area contributed by atoms with Gasteiger partial charge in [-0.2, -0.15) is 0 Å². The Morgan fingerprint density at radius 2 is 2.00 bits per heavy atom. The van der Waals surface area contributed by atoms with Crippen molar-refractivity contribution in [2.75, 3.05) is 11.1 Å². The molecule has 0 aliphatic carbocycles. The molecule has 2 heterocycles. The van der Waals surface area contributed by atoms with Gasteiger partial charge in [-0.15, -0.1) is 0 Å². The molecule has 0 radical (unpaired) electrons. The van der Waals surface area contributed by atoms with Crippen LogP contribution in [0.2, 0.25) is 0 Å². The molecule has 0 bridgehead atoms. The van der Waals surface area contributed by atoms with Crippen LogP contribution in [0, 0.1) is 11.7 Å². The number of halogens is 1. The first-order chi connectivity index (χ1) is 13.2. The van der Waals surface area contributed by atoms with E-state index < -0.39 is 23.0 Å². The number of pyridine rings is 1. The number of carbonyl (C=O) groups is 1. The van der Waals surface area contributed by atoms with E-state index in [9.17, 15) is 18.8 Å². The summed E-state index contributed by atoms with van der Waals surface area (Å²) in [5, 5.41) is 2.64. The first-order valence-electron chi connectivity index (χ1n) is 8.65. The molecule has 3 aromatic rings. The molecule has 0 spiro atoms. The summed E-state index contributed by atoms with van der Waals surface area (Å²) in [6.45, 7) is 4.25. The van der Waals surface area contributed by atoms with Gasteiger partial charge in [-0.3, -0.25) is 18.7 Å². The van der Waals surface area contributed by atoms with Gasteiger partial charge < -0.3 is 11.1 Å². The maximum Gasteiger partial charge on any atom is 0.332 e. The summed E-state index contributed by atoms with van der Waals surface area (Å²) in [6.07, 6.45) is 1.27. The Balaban J connectivity index is 2.09. The molecule has 0 fully saturated rings. The van der Waals surface area contributed by atoms with Crippen LogP contribution in [0.1, 0.15) is 24.2 Å². The van der Waals surface area contributed by atoms with Gasteiger partial charge in [-0.25, -0.2) is 14.2 Å². The standard InChI is InChI=1S/C19H20FN5O3/c1-10(2)9-25-16-13(18(27)24(3)19(25)28)6-11(8-22-16)17(26)23-15-7-12(20)4-5-14(15)21/h4-8,10H,9,21H2,1-3H3,(H,23,26). The molecule has 146 valence electrons. The number of nitrogen functional groups attached to an aromatic ring is 1. The van der Waals surface area contributed by atoms with E-state index in [1.54, 1.807) is 0 Å². The van der Waals surface area contributed by atoms with Gasteiger partial charge in [-0.05, 0) is 30.2 Å². The molecule has 3 rings (SSSR count). The quantitative estimate of drug-likeness (QED) is 0.664. The fraction of sp³-hybridized carbons (Fsp3) is 0.263. The van der Waals surface area contributed by atoms with Crippen molar-refractivity contribution < 1.29 is 9.18 Å². The van der Waals surface area contributed by atoms with Crippen LogP contribution in [0.5, 0.6) is 0 Å². The number of benzene rings is 1. The van der Waals surface area contributed by atoms with Crippen molar-refractivity contribution in [2.24, 2.45) is 13.0 Å². The van der Waals surface area contributed by atoms with E-state index in [2.05, 4.69) is 10.3 Å². The molecular formula is C19H20FN5O3. The summed E-state index contributed by atoms with van der Waals surface area (Å²) in [7, 11) is 1.38. The van der Waals surface area contributed by atoms with Gasteiger partial charge in [-0.1, -0.05) is 13.8 Å². The number of amides is 1. The molecule has 3 N–H and O–H groups in total. The highest BCUT2D eigenvalue weighted by molar-refractivity contribution is 6.06. The average molecular weight is 385 g/mol. The smallest absolute Gasteiger partial charge is 0.332 e. The molecule has 2 aromatic heterocycles. The molecule has 28 heavy (non-hydrogen) atoms. The lowest BCUT2D eigenvalue weighted by atomic mass is 10.2. The van der Waals surface area contributed by atoms with Crippen molar-refractivity contribution in [1.82, 2.24) is 14.1 Å². The summed E-state index contributed by atoms with van der Waals surface area (Å²) < 4.78 is 15.8. The molecule has 0 saturated carbocycles. The lowest BCUT2D eigenvalue weighted by Crippen LogP contribution is -2.39. The predicted molar refractivity (Wildman–Crippen MR) is 105 cm³/mol. The maximum absolute atomic E-state index is 13.4. The second kappa shape index (κ2) is 7.26. The predicted octanol–water partition coefficient (Wildman–Crippen LogP) is 1.72. The van der Waals surface area contributed by atoms with Crippen LogP contribution in [0.15, 0.2) is 40.1 Å². The van der Waals surface area contributed by atoms with Gasteiger partial charge in [0.15, 0.2) is 0 Å². The molecule has 8 nitrogen and oxygen atoms in total. The van der Waals surface area contributed by atoms with Gasteiger partial charge in [0.05, 0.1) is 22.3 Å². The topological polar surface area (TPSA) is 112 Å². The number of hydrogen-bond acceptors (Lipinski definition) is 5. The van der Waals surface area contributed by atoms with Crippen LogP contribution < -0.4 is 22.3 Å². The fourth-order valence-corrected chi connectivity index (χ4v) is 2.85. The zero-order valence-electron chi connectivity index (χ0n) is 15.7. The number of aromatic nitrogens is 3. The van der Waals surface area contributed by atoms with E-state index >= 15 is 0 Å². The Hall–Kier alpha value is -3.49. The molecule has 0 aliphatic rings. The number of nitrogens with zero attached hydrogens (tertiary/aromatic N) is 3. The van der Waals surface area contributed by atoms with Crippen molar-refractivity contribution >= 4 is 28.3 Å².